The number of cyclic esters (lactones) is 1. The summed E-state index contributed by atoms with van der Waals surface area (Å²) >= 11 is 5.81. The number of nitrogens with zero attached hydrogens (tertiary/aromatic N) is 4. The van der Waals surface area contributed by atoms with Crippen molar-refractivity contribution in [1.29, 1.82) is 5.26 Å². The van der Waals surface area contributed by atoms with E-state index >= 15 is 0 Å². The van der Waals surface area contributed by atoms with Crippen molar-refractivity contribution < 1.29 is 58.7 Å². The fourth-order valence-corrected chi connectivity index (χ4v) is 10.9. The summed E-state index contributed by atoms with van der Waals surface area (Å²) in [5.41, 5.74) is -3.82. The van der Waals surface area contributed by atoms with Gasteiger partial charge in [0.2, 0.25) is 0 Å². The Morgan fingerprint density at radius 1 is 0.985 bits per heavy atom. The number of anilines is 1. The molecule has 3 aliphatic heterocycles. The zero-order valence-corrected chi connectivity index (χ0v) is 43.7. The topological polar surface area (TPSA) is 219 Å². The molecule has 388 valence electrons. The average Bonchev–Trinajstić information content (AvgIpc) is 3.28. The number of para-hydroxylation sites is 1. The van der Waals surface area contributed by atoms with Crippen LogP contribution in [0, 0.1) is 29.1 Å². The number of ether oxygens (including phenoxy) is 6. The van der Waals surface area contributed by atoms with E-state index in [4.69, 9.17) is 40.6 Å². The van der Waals surface area contributed by atoms with Crippen molar-refractivity contribution >= 4 is 29.0 Å². The molecule has 1 aromatic rings. The van der Waals surface area contributed by atoms with E-state index in [1.165, 1.54) is 14.0 Å². The molecule has 3 saturated heterocycles. The first-order valence-electron chi connectivity index (χ1n) is 24.6. The maximum atomic E-state index is 14.6. The summed E-state index contributed by atoms with van der Waals surface area (Å²) in [6.07, 6.45) is -8.21. The lowest BCUT2D eigenvalue weighted by molar-refractivity contribution is -0.318. The third-order valence-corrected chi connectivity index (χ3v) is 15.1. The summed E-state index contributed by atoms with van der Waals surface area (Å²) in [5.74, 6) is -2.87. The van der Waals surface area contributed by atoms with Crippen LogP contribution >= 0.6 is 12.2 Å². The van der Waals surface area contributed by atoms with Crippen LogP contribution in [0.25, 0.3) is 0 Å². The zero-order chi connectivity index (χ0) is 50.9. The van der Waals surface area contributed by atoms with E-state index in [9.17, 15) is 35.6 Å². The quantitative estimate of drug-likeness (QED) is 0.113. The standard InChI is InChI=1S/C50H85N5O12S/c1-14-38-50(10,61)42(57)34(6)55(25-19-24-54(23-18-22-51)47(68)52-36-20-16-15-17-21-36)29-30(2)27-48(8,60)44(67-46-40(56)37(53(11)12)26-31(3)63-46)32(4)41(33(5)45(59)65-38)66-39-28-49(9,62-13)43(58)35(7)64-39/h15-17,20-21,30-35,37-44,46,56-58,60-61H,14,18-19,23-29H2,1-13H3,(H,52,68)/t30-,31-,32+,33-,34-,35+,37+,38-,39+,40-,41+,42-,43+,44-,46+,48-,49-,50-/m1/s1. The predicted molar refractivity (Wildman–Crippen MR) is 262 cm³/mol. The molecule has 1 aromatic carbocycles. The number of nitriles is 1. The normalized spacial score (nSPS) is 40.4. The van der Waals surface area contributed by atoms with Gasteiger partial charge in [0.05, 0.1) is 54.0 Å². The van der Waals surface area contributed by atoms with Crippen molar-refractivity contribution in [3.05, 3.63) is 30.3 Å². The second-order valence-electron chi connectivity index (χ2n) is 20.8. The molecule has 3 heterocycles. The van der Waals surface area contributed by atoms with Gasteiger partial charge < -0.3 is 69.1 Å². The van der Waals surface area contributed by atoms with Crippen molar-refractivity contribution in [3.8, 4) is 6.07 Å². The molecule has 18 heteroatoms. The molecule has 0 aromatic heterocycles. The van der Waals surface area contributed by atoms with Gasteiger partial charge in [0.1, 0.15) is 30.0 Å². The largest absolute Gasteiger partial charge is 0.459 e. The number of likely N-dealkylation sites (N-methyl/N-ethyl adjacent to an activating group) is 1. The van der Waals surface area contributed by atoms with Gasteiger partial charge in [-0.3, -0.25) is 9.69 Å². The zero-order valence-electron chi connectivity index (χ0n) is 42.9. The Kier molecular flexibility index (Phi) is 21.5. The molecule has 0 spiro atoms. The van der Waals surface area contributed by atoms with Gasteiger partial charge in [-0.05, 0) is 119 Å². The second kappa shape index (κ2) is 25.2. The third kappa shape index (κ3) is 14.5. The maximum Gasteiger partial charge on any atom is 0.311 e. The van der Waals surface area contributed by atoms with E-state index in [0.29, 0.717) is 44.1 Å². The fraction of sp³-hybridized carbons (Fsp3) is 0.820. The molecule has 18 atom stereocenters. The Balaban J connectivity index is 1.78. The van der Waals surface area contributed by atoms with Gasteiger partial charge in [0.25, 0.3) is 0 Å². The highest BCUT2D eigenvalue weighted by atomic mass is 32.1. The number of aliphatic hydroxyl groups excluding tert-OH is 3. The van der Waals surface area contributed by atoms with Crippen LogP contribution in [0.4, 0.5) is 5.69 Å². The Labute approximate surface area is 411 Å². The monoisotopic (exact) mass is 980 g/mol. The molecule has 0 unspecified atom stereocenters. The Morgan fingerprint density at radius 3 is 2.25 bits per heavy atom. The molecule has 4 rings (SSSR count). The summed E-state index contributed by atoms with van der Waals surface area (Å²) in [4.78, 5) is 20.5. The average molecular weight is 980 g/mol. The summed E-state index contributed by atoms with van der Waals surface area (Å²) in [5, 5.41) is 73.5. The lowest BCUT2D eigenvalue weighted by Crippen LogP contribution is -2.60. The SMILES string of the molecule is CC[C@H]1OC(=O)[C@H](C)[C@@H](O[C@H]2C[C@@](C)(OC)[C@@H](O)[C@H](C)O2)[C@H](C)[C@@H](O[C@@H]2O[C@H](C)C[C@H](N(C)C)[C@H]2O)[C@](C)(O)C[C@@H](C)CN(CCCN(CCC#N)C(=S)Nc2ccccc2)[C@H](C)[C@@H](O)[C@]1(C)O. The Bertz CT molecular complexity index is 1780. The minimum Gasteiger partial charge on any atom is -0.459 e. The van der Waals surface area contributed by atoms with Gasteiger partial charge in [-0.15, -0.1) is 0 Å². The first-order valence-corrected chi connectivity index (χ1v) is 25.0. The number of benzene rings is 1. The highest BCUT2D eigenvalue weighted by molar-refractivity contribution is 7.80. The van der Waals surface area contributed by atoms with Gasteiger partial charge in [-0.25, -0.2) is 0 Å². The summed E-state index contributed by atoms with van der Waals surface area (Å²) in [6.45, 7) is 19.3. The molecule has 17 nitrogen and oxygen atoms in total. The van der Waals surface area contributed by atoms with Crippen LogP contribution in [0.15, 0.2) is 30.3 Å². The number of thiocarbonyl (C=S) groups is 1. The number of nitrogens with one attached hydrogen (secondary N) is 1. The smallest absolute Gasteiger partial charge is 0.311 e. The maximum absolute atomic E-state index is 14.6. The van der Waals surface area contributed by atoms with Crippen molar-refractivity contribution in [3.63, 3.8) is 0 Å². The van der Waals surface area contributed by atoms with Crippen LogP contribution in [-0.4, -0.2) is 189 Å². The predicted octanol–water partition coefficient (Wildman–Crippen LogP) is 4.27. The highest BCUT2D eigenvalue weighted by Crippen LogP contribution is 2.40. The molecule has 6 N–H and O–H groups in total. The lowest BCUT2D eigenvalue weighted by atomic mass is 9.77. The number of esters is 1. The van der Waals surface area contributed by atoms with Gasteiger partial charge >= 0.3 is 5.97 Å². The number of carbonyl (C=O) groups excluding carboxylic acids is 1. The number of hydrogen-bond acceptors (Lipinski definition) is 16. The van der Waals surface area contributed by atoms with Gasteiger partial charge in [0.15, 0.2) is 17.7 Å². The van der Waals surface area contributed by atoms with E-state index in [-0.39, 0.29) is 43.7 Å². The highest BCUT2D eigenvalue weighted by Gasteiger charge is 2.53. The minimum absolute atomic E-state index is 0.100. The number of carbonyl (C=O) groups is 1. The molecule has 68 heavy (non-hydrogen) atoms. The third-order valence-electron chi connectivity index (χ3n) is 14.7. The molecule has 3 aliphatic rings. The molecular weight excluding hydrogens is 895 g/mol. The van der Waals surface area contributed by atoms with E-state index in [2.05, 4.69) is 16.3 Å². The Morgan fingerprint density at radius 2 is 1.65 bits per heavy atom. The lowest BCUT2D eigenvalue weighted by Gasteiger charge is -2.48. The molecule has 0 saturated carbocycles. The van der Waals surface area contributed by atoms with Crippen LogP contribution < -0.4 is 5.32 Å². The van der Waals surface area contributed by atoms with Crippen LogP contribution in [0.3, 0.4) is 0 Å². The van der Waals surface area contributed by atoms with Crippen LogP contribution in [-0.2, 0) is 33.2 Å². The summed E-state index contributed by atoms with van der Waals surface area (Å²) in [6, 6.07) is 10.8. The van der Waals surface area contributed by atoms with Gasteiger partial charge in [-0.1, -0.05) is 39.0 Å². The van der Waals surface area contributed by atoms with Crippen molar-refractivity contribution in [2.75, 3.05) is 52.7 Å². The first kappa shape index (κ1) is 58.0. The minimum atomic E-state index is -1.92. The van der Waals surface area contributed by atoms with E-state index in [1.54, 1.807) is 34.6 Å². The van der Waals surface area contributed by atoms with E-state index in [0.717, 1.165) is 5.69 Å². The van der Waals surface area contributed by atoms with Crippen LogP contribution in [0.5, 0.6) is 0 Å². The van der Waals surface area contributed by atoms with Gasteiger partial charge in [-0.2, -0.15) is 5.26 Å². The first-order chi connectivity index (χ1) is 31.8. The second-order valence-corrected chi connectivity index (χ2v) is 21.2. The van der Waals surface area contributed by atoms with Crippen LogP contribution in [0.2, 0.25) is 0 Å². The molecule has 0 radical (unpaired) electrons. The van der Waals surface area contributed by atoms with Gasteiger partial charge in [0, 0.05) is 63.4 Å². The number of methoxy groups -OCH3 is 1. The molecule has 0 amide bonds. The number of aliphatic hydroxyl groups is 5. The van der Waals surface area contributed by atoms with Crippen molar-refractivity contribution in [2.45, 2.75) is 198 Å². The number of hydrogen-bond donors (Lipinski definition) is 6. The van der Waals surface area contributed by atoms with E-state index < -0.39 is 96.0 Å². The molecule has 0 bridgehead atoms. The van der Waals surface area contributed by atoms with Crippen LogP contribution in [0.1, 0.15) is 108 Å². The Hall–Kier alpha value is -2.61. The molecular formula is C50H85N5O12S. The summed E-state index contributed by atoms with van der Waals surface area (Å²) < 4.78 is 38.2. The van der Waals surface area contributed by atoms with Crippen molar-refractivity contribution in [2.24, 2.45) is 17.8 Å². The molecule has 3 fully saturated rings. The fourth-order valence-electron chi connectivity index (χ4n) is 10.6. The van der Waals surface area contributed by atoms with Crippen molar-refractivity contribution in [1.82, 2.24) is 14.7 Å². The summed E-state index contributed by atoms with van der Waals surface area (Å²) in [7, 11) is 5.26. The number of rotatable bonds is 14. The van der Waals surface area contributed by atoms with E-state index in [1.807, 2.05) is 81.9 Å². The molecule has 0 aliphatic carbocycles.